The summed E-state index contributed by atoms with van der Waals surface area (Å²) in [6.07, 6.45) is 1.43. The van der Waals surface area contributed by atoms with Crippen LogP contribution in [0, 0.1) is 0 Å². The maximum atomic E-state index is 10.4. The van der Waals surface area contributed by atoms with E-state index in [1.807, 2.05) is 0 Å². The Kier molecular flexibility index (Phi) is 6.11. The van der Waals surface area contributed by atoms with Gasteiger partial charge in [0.1, 0.15) is 0 Å². The Morgan fingerprint density at radius 1 is 1.00 bits per heavy atom. The van der Waals surface area contributed by atoms with Gasteiger partial charge in [-0.2, -0.15) is 0 Å². The number of hydrogen-bond donors (Lipinski definition) is 0. The second-order valence-electron chi connectivity index (χ2n) is 3.11. The normalized spacial score (nSPS) is 12.9. The van der Waals surface area contributed by atoms with Gasteiger partial charge >= 0.3 is 0 Å². The zero-order valence-corrected chi connectivity index (χ0v) is 10.2. The Morgan fingerprint density at radius 3 is 1.62 bits per heavy atom. The average Bonchev–Trinajstić information content (AvgIpc) is 2.07. The first-order valence-corrected chi connectivity index (χ1v) is 7.50. The molecule has 0 aliphatic rings. The van der Waals surface area contributed by atoms with Crippen molar-refractivity contribution in [2.45, 2.75) is 0 Å². The average molecular weight is 271 g/mol. The van der Waals surface area contributed by atoms with E-state index in [1.54, 1.807) is 0 Å². The van der Waals surface area contributed by atoms with Crippen LogP contribution in [0.15, 0.2) is 12.7 Å². The highest BCUT2D eigenvalue weighted by Crippen LogP contribution is 1.94. The van der Waals surface area contributed by atoms with Crippen molar-refractivity contribution in [1.29, 1.82) is 0 Å². The Hall–Kier alpha value is -0.480. The van der Waals surface area contributed by atoms with Gasteiger partial charge in [-0.05, 0) is 0 Å². The van der Waals surface area contributed by atoms with Gasteiger partial charge in [-0.3, -0.25) is 4.90 Å². The molecular formula is C7H13NO6S2-2. The molecule has 0 aromatic heterocycles. The third-order valence-electron chi connectivity index (χ3n) is 1.70. The quantitative estimate of drug-likeness (QED) is 0.392. The lowest BCUT2D eigenvalue weighted by Crippen LogP contribution is -2.33. The summed E-state index contributed by atoms with van der Waals surface area (Å²) < 4.78 is 62.1. The van der Waals surface area contributed by atoms with Gasteiger partial charge in [-0.25, -0.2) is 16.8 Å². The monoisotopic (exact) mass is 271 g/mol. The van der Waals surface area contributed by atoms with Crippen LogP contribution in [0.5, 0.6) is 0 Å². The predicted molar refractivity (Wildman–Crippen MR) is 55.8 cm³/mol. The molecule has 0 spiro atoms. The van der Waals surface area contributed by atoms with Gasteiger partial charge in [0.05, 0.1) is 31.7 Å². The molecule has 0 rings (SSSR count). The maximum absolute atomic E-state index is 10.4. The molecule has 0 aliphatic carbocycles. The van der Waals surface area contributed by atoms with Gasteiger partial charge in [0.15, 0.2) is 0 Å². The minimum Gasteiger partial charge on any atom is -0.748 e. The Labute approximate surface area is 95.3 Å². The summed E-state index contributed by atoms with van der Waals surface area (Å²) in [6.45, 7) is 3.37. The first kappa shape index (κ1) is 15.5. The fourth-order valence-corrected chi connectivity index (χ4v) is 1.92. The maximum Gasteiger partial charge on any atom is 0.0958 e. The molecular weight excluding hydrogens is 258 g/mol. The lowest BCUT2D eigenvalue weighted by atomic mass is 10.5. The van der Waals surface area contributed by atoms with Gasteiger partial charge in [0, 0.05) is 19.6 Å². The molecule has 0 amide bonds. The van der Waals surface area contributed by atoms with Crippen LogP contribution >= 0.6 is 0 Å². The summed E-state index contributed by atoms with van der Waals surface area (Å²) in [4.78, 5) is 1.36. The van der Waals surface area contributed by atoms with Crippen molar-refractivity contribution >= 4 is 20.2 Å². The van der Waals surface area contributed by atoms with E-state index in [1.165, 1.54) is 11.0 Å². The molecule has 16 heavy (non-hydrogen) atoms. The van der Waals surface area contributed by atoms with Gasteiger partial charge in [-0.1, -0.05) is 6.08 Å². The van der Waals surface area contributed by atoms with Crippen LogP contribution < -0.4 is 0 Å². The smallest absolute Gasteiger partial charge is 0.0958 e. The first-order chi connectivity index (χ1) is 7.14. The third-order valence-corrected chi connectivity index (χ3v) is 3.07. The van der Waals surface area contributed by atoms with Gasteiger partial charge < -0.3 is 9.11 Å². The van der Waals surface area contributed by atoms with Crippen LogP contribution in [0.1, 0.15) is 0 Å². The van der Waals surface area contributed by atoms with Crippen LogP contribution in [0.2, 0.25) is 0 Å². The van der Waals surface area contributed by atoms with E-state index in [-0.39, 0.29) is 19.6 Å². The molecule has 7 nitrogen and oxygen atoms in total. The predicted octanol–water partition coefficient (Wildman–Crippen LogP) is -1.44. The summed E-state index contributed by atoms with van der Waals surface area (Å²) in [5, 5.41) is 0. The second-order valence-corrected chi connectivity index (χ2v) is 6.16. The van der Waals surface area contributed by atoms with E-state index >= 15 is 0 Å². The molecule has 0 bridgehead atoms. The summed E-state index contributed by atoms with van der Waals surface area (Å²) in [6, 6.07) is 0. The summed E-state index contributed by atoms with van der Waals surface area (Å²) in [5.74, 6) is -1.25. The lowest BCUT2D eigenvalue weighted by Gasteiger charge is -2.21. The van der Waals surface area contributed by atoms with E-state index in [4.69, 9.17) is 0 Å². The molecule has 0 unspecified atom stereocenters. The highest BCUT2D eigenvalue weighted by atomic mass is 32.2. The highest BCUT2D eigenvalue weighted by Gasteiger charge is 2.07. The van der Waals surface area contributed by atoms with Crippen molar-refractivity contribution in [1.82, 2.24) is 4.90 Å². The van der Waals surface area contributed by atoms with Crippen molar-refractivity contribution in [2.24, 2.45) is 0 Å². The summed E-state index contributed by atoms with van der Waals surface area (Å²) >= 11 is 0. The molecule has 0 saturated carbocycles. The molecule has 0 aromatic rings. The van der Waals surface area contributed by atoms with Gasteiger partial charge in [0.2, 0.25) is 0 Å². The molecule has 9 heteroatoms. The molecule has 0 N–H and O–H groups in total. The zero-order chi connectivity index (χ0) is 12.8. The fraction of sp³-hybridized carbons (Fsp3) is 0.714. The van der Waals surface area contributed by atoms with Crippen molar-refractivity contribution in [3.63, 3.8) is 0 Å². The minimum absolute atomic E-state index is 0.118. The number of nitrogens with zero attached hydrogens (tertiary/aromatic N) is 1. The molecule has 0 aromatic carbocycles. The van der Waals surface area contributed by atoms with Crippen LogP contribution in [0.3, 0.4) is 0 Å². The molecule has 0 saturated heterocycles. The van der Waals surface area contributed by atoms with Crippen LogP contribution in [-0.2, 0) is 20.2 Å². The van der Waals surface area contributed by atoms with E-state index in [0.717, 1.165) is 0 Å². The lowest BCUT2D eigenvalue weighted by molar-refractivity contribution is 0.329. The molecule has 96 valence electrons. The van der Waals surface area contributed by atoms with E-state index in [2.05, 4.69) is 6.58 Å². The Bertz CT molecular complexity index is 376. The molecule has 0 radical (unpaired) electrons. The highest BCUT2D eigenvalue weighted by molar-refractivity contribution is 7.85. The summed E-state index contributed by atoms with van der Waals surface area (Å²) in [5.41, 5.74) is 0. The van der Waals surface area contributed by atoms with Crippen molar-refractivity contribution in [2.75, 3.05) is 31.1 Å². The second kappa shape index (κ2) is 6.30. The van der Waals surface area contributed by atoms with E-state index in [0.29, 0.717) is 0 Å². The minimum atomic E-state index is -4.34. The third kappa shape index (κ3) is 10.1. The number of hydrogen-bond acceptors (Lipinski definition) is 7. The number of rotatable bonds is 8. The molecule has 0 heterocycles. The van der Waals surface area contributed by atoms with Gasteiger partial charge in [-0.15, -0.1) is 6.58 Å². The SMILES string of the molecule is C=CCN(CCS(=O)(=O)[O-])CCS(=O)(=O)[O-]. The van der Waals surface area contributed by atoms with Crippen LogP contribution in [-0.4, -0.2) is 62.0 Å². The van der Waals surface area contributed by atoms with Crippen LogP contribution in [0.25, 0.3) is 0 Å². The molecule has 0 aliphatic heterocycles. The summed E-state index contributed by atoms with van der Waals surface area (Å²) in [7, 11) is -8.69. The largest absolute Gasteiger partial charge is 0.748 e. The topological polar surface area (TPSA) is 118 Å². The first-order valence-electron chi connectivity index (χ1n) is 4.34. The van der Waals surface area contributed by atoms with E-state index < -0.39 is 31.7 Å². The Balaban J connectivity index is 4.23. The van der Waals surface area contributed by atoms with Crippen molar-refractivity contribution in [3.8, 4) is 0 Å². The van der Waals surface area contributed by atoms with Gasteiger partial charge in [0.25, 0.3) is 0 Å². The van der Waals surface area contributed by atoms with Crippen molar-refractivity contribution in [3.05, 3.63) is 12.7 Å². The zero-order valence-electron chi connectivity index (χ0n) is 8.53. The van der Waals surface area contributed by atoms with E-state index in [9.17, 15) is 25.9 Å². The molecule has 0 fully saturated rings. The molecule has 0 atom stereocenters. The Morgan fingerprint density at radius 2 is 1.38 bits per heavy atom. The van der Waals surface area contributed by atoms with Crippen LogP contribution in [0.4, 0.5) is 0 Å². The standard InChI is InChI=1S/C7H15NO6S2/c1-2-3-8(4-6-15(9,10)11)5-7-16(12,13)14/h2H,1,3-7H2,(H,9,10,11)(H,12,13,14)/p-2. The fourth-order valence-electron chi connectivity index (χ4n) is 0.959. The van der Waals surface area contributed by atoms with Crippen molar-refractivity contribution < 1.29 is 25.9 Å².